The first-order valence-electron chi connectivity index (χ1n) is 12.1. The second kappa shape index (κ2) is 8.18. The zero-order valence-corrected chi connectivity index (χ0v) is 19.1. The van der Waals surface area contributed by atoms with Crippen LogP contribution in [0.4, 0.5) is 0 Å². The summed E-state index contributed by atoms with van der Waals surface area (Å²) < 4.78 is 2.38. The molecule has 0 spiro atoms. The summed E-state index contributed by atoms with van der Waals surface area (Å²) in [5, 5.41) is 0. The van der Waals surface area contributed by atoms with E-state index in [4.69, 9.17) is 4.98 Å². The maximum Gasteiger partial charge on any atom is 0.225 e. The van der Waals surface area contributed by atoms with Gasteiger partial charge in [-0.15, -0.1) is 0 Å². The van der Waals surface area contributed by atoms with Gasteiger partial charge in [-0.25, -0.2) is 4.98 Å². The first-order chi connectivity index (χ1) is 16.2. The first-order valence-corrected chi connectivity index (χ1v) is 12.1. The molecule has 1 saturated heterocycles. The summed E-state index contributed by atoms with van der Waals surface area (Å²) in [6.45, 7) is 4.77. The van der Waals surface area contributed by atoms with Gasteiger partial charge >= 0.3 is 0 Å². The van der Waals surface area contributed by atoms with E-state index in [0.717, 1.165) is 55.8 Å². The van der Waals surface area contributed by atoms with Gasteiger partial charge in [0.2, 0.25) is 5.91 Å². The molecule has 2 heterocycles. The number of benzene rings is 3. The highest BCUT2D eigenvalue weighted by Gasteiger charge is 2.36. The van der Waals surface area contributed by atoms with Crippen LogP contribution in [0.2, 0.25) is 0 Å². The van der Waals surface area contributed by atoms with Crippen LogP contribution in [-0.4, -0.2) is 33.4 Å². The highest BCUT2D eigenvalue weighted by atomic mass is 16.2. The number of fused-ring (bicyclic) bond motifs is 1. The minimum Gasteiger partial charge on any atom is -0.342 e. The summed E-state index contributed by atoms with van der Waals surface area (Å²) in [4.78, 5) is 19.7. The van der Waals surface area contributed by atoms with Crippen molar-refractivity contribution in [1.82, 2.24) is 14.5 Å². The minimum absolute atomic E-state index is 0.305. The highest BCUT2D eigenvalue weighted by molar-refractivity contribution is 5.82. The van der Waals surface area contributed by atoms with E-state index < -0.39 is 0 Å². The van der Waals surface area contributed by atoms with E-state index in [-0.39, 0.29) is 0 Å². The van der Waals surface area contributed by atoms with Crippen LogP contribution in [0.25, 0.3) is 33.5 Å². The molecular formula is C29H29N3O. The van der Waals surface area contributed by atoms with Crippen molar-refractivity contribution in [2.24, 2.45) is 11.8 Å². The summed E-state index contributed by atoms with van der Waals surface area (Å²) in [5.41, 5.74) is 7.01. The number of aryl methyl sites for hydroxylation is 1. The molecule has 1 aromatic heterocycles. The van der Waals surface area contributed by atoms with Gasteiger partial charge in [-0.3, -0.25) is 4.79 Å². The molecule has 4 nitrogen and oxygen atoms in total. The Bertz CT molecular complexity index is 1300. The molecule has 0 bridgehead atoms. The van der Waals surface area contributed by atoms with E-state index in [2.05, 4.69) is 83.1 Å². The number of hydrogen-bond donors (Lipinski definition) is 0. The Hall–Kier alpha value is -3.40. The number of rotatable bonds is 5. The first kappa shape index (κ1) is 20.2. The fourth-order valence-electron chi connectivity index (χ4n) is 5.12. The van der Waals surface area contributed by atoms with Gasteiger partial charge in [-0.2, -0.15) is 0 Å². The minimum atomic E-state index is 0.305. The molecule has 0 radical (unpaired) electrons. The van der Waals surface area contributed by atoms with E-state index in [1.54, 1.807) is 0 Å². The number of imidazole rings is 1. The number of hydrogen-bond acceptors (Lipinski definition) is 2. The van der Waals surface area contributed by atoms with Crippen LogP contribution in [0.5, 0.6) is 0 Å². The standard InChI is InChI=1S/C29H29N3O/c1-20-7-14-27-26(17-20)30-28(24-10-8-23(9-11-24)22-5-3-2-4-6-22)32(27)19-21-15-16-31(18-21)29(33)25-12-13-25/h2-11,14,17,21,25H,12-13,15-16,18-19H2,1H3/t21-/m0/s1. The lowest BCUT2D eigenvalue weighted by Crippen LogP contribution is -2.30. The molecule has 2 fully saturated rings. The summed E-state index contributed by atoms with van der Waals surface area (Å²) in [6, 6.07) is 25.8. The second-order valence-corrected chi connectivity index (χ2v) is 9.69. The van der Waals surface area contributed by atoms with Gasteiger partial charge in [0, 0.05) is 31.1 Å². The monoisotopic (exact) mass is 435 g/mol. The summed E-state index contributed by atoms with van der Waals surface area (Å²) in [7, 11) is 0. The number of nitrogens with zero attached hydrogens (tertiary/aromatic N) is 3. The van der Waals surface area contributed by atoms with Crippen molar-refractivity contribution < 1.29 is 4.79 Å². The lowest BCUT2D eigenvalue weighted by atomic mass is 10.0. The average Bonchev–Trinajstić information content (AvgIpc) is 3.50. The molecule has 1 atom stereocenters. The molecule has 1 saturated carbocycles. The molecule has 4 aromatic rings. The van der Waals surface area contributed by atoms with E-state index >= 15 is 0 Å². The summed E-state index contributed by atoms with van der Waals surface area (Å²) in [5.74, 6) is 2.16. The van der Waals surface area contributed by atoms with E-state index in [9.17, 15) is 4.79 Å². The molecule has 0 N–H and O–H groups in total. The normalized spacial score (nSPS) is 18.2. The van der Waals surface area contributed by atoms with Gasteiger partial charge in [0.1, 0.15) is 5.82 Å². The van der Waals surface area contributed by atoms with Gasteiger partial charge in [0.15, 0.2) is 0 Å². The fourth-order valence-corrected chi connectivity index (χ4v) is 5.12. The lowest BCUT2D eigenvalue weighted by molar-refractivity contribution is -0.131. The van der Waals surface area contributed by atoms with E-state index in [1.165, 1.54) is 22.2 Å². The summed E-state index contributed by atoms with van der Waals surface area (Å²) in [6.07, 6.45) is 3.22. The maximum absolute atomic E-state index is 12.5. The Morgan fingerprint density at radius 1 is 0.909 bits per heavy atom. The largest absolute Gasteiger partial charge is 0.342 e. The molecule has 4 heteroatoms. The van der Waals surface area contributed by atoms with Crippen LogP contribution >= 0.6 is 0 Å². The number of aromatic nitrogens is 2. The number of likely N-dealkylation sites (tertiary alicyclic amines) is 1. The molecule has 1 aliphatic carbocycles. The van der Waals surface area contributed by atoms with E-state index in [0.29, 0.717) is 17.7 Å². The SMILES string of the molecule is Cc1ccc2c(c1)nc(-c1ccc(-c3ccccc3)cc1)n2C[C@H]1CCN(C(=O)C2CC2)C1. The predicted octanol–water partition coefficient (Wildman–Crippen LogP) is 5.94. The zero-order valence-electron chi connectivity index (χ0n) is 19.1. The molecule has 1 amide bonds. The van der Waals surface area contributed by atoms with Crippen LogP contribution in [0, 0.1) is 18.8 Å². The smallest absolute Gasteiger partial charge is 0.225 e. The van der Waals surface area contributed by atoms with Crippen molar-refractivity contribution in [1.29, 1.82) is 0 Å². The average molecular weight is 436 g/mol. The van der Waals surface area contributed by atoms with Crippen LogP contribution in [0.15, 0.2) is 72.8 Å². The number of carbonyl (C=O) groups is 1. The van der Waals surface area contributed by atoms with Crippen LogP contribution in [-0.2, 0) is 11.3 Å². The Kier molecular flexibility index (Phi) is 5.01. The Morgan fingerprint density at radius 2 is 1.64 bits per heavy atom. The van der Waals surface area contributed by atoms with Crippen LogP contribution in [0.3, 0.4) is 0 Å². The third kappa shape index (κ3) is 3.95. The molecule has 0 unspecified atom stereocenters. The molecule has 2 aliphatic rings. The van der Waals surface area contributed by atoms with Gasteiger partial charge in [-0.05, 0) is 60.9 Å². The Labute approximate surface area is 194 Å². The van der Waals surface area contributed by atoms with Crippen LogP contribution in [0.1, 0.15) is 24.8 Å². The second-order valence-electron chi connectivity index (χ2n) is 9.69. The topological polar surface area (TPSA) is 38.1 Å². The predicted molar refractivity (Wildman–Crippen MR) is 133 cm³/mol. The van der Waals surface area contributed by atoms with E-state index in [1.807, 2.05) is 6.07 Å². The zero-order chi connectivity index (χ0) is 22.4. The maximum atomic E-state index is 12.5. The third-order valence-corrected chi connectivity index (χ3v) is 7.12. The van der Waals surface area contributed by atoms with Crippen LogP contribution < -0.4 is 0 Å². The third-order valence-electron chi connectivity index (χ3n) is 7.12. The number of amides is 1. The highest BCUT2D eigenvalue weighted by Crippen LogP contribution is 2.34. The molecule has 3 aromatic carbocycles. The van der Waals surface area contributed by atoms with Crippen molar-refractivity contribution in [2.45, 2.75) is 32.7 Å². The summed E-state index contributed by atoms with van der Waals surface area (Å²) >= 11 is 0. The molecule has 33 heavy (non-hydrogen) atoms. The molecule has 166 valence electrons. The van der Waals surface area contributed by atoms with Gasteiger partial charge in [0.05, 0.1) is 11.0 Å². The van der Waals surface area contributed by atoms with Crippen molar-refractivity contribution in [3.63, 3.8) is 0 Å². The fraction of sp³-hybridized carbons (Fsp3) is 0.310. The van der Waals surface area contributed by atoms with Gasteiger partial charge in [-0.1, -0.05) is 60.7 Å². The number of carbonyl (C=O) groups excluding carboxylic acids is 1. The Morgan fingerprint density at radius 3 is 2.39 bits per heavy atom. The van der Waals surface area contributed by atoms with Crippen molar-refractivity contribution in [3.05, 3.63) is 78.4 Å². The van der Waals surface area contributed by atoms with Crippen molar-refractivity contribution in [3.8, 4) is 22.5 Å². The molecular weight excluding hydrogens is 406 g/mol. The quantitative estimate of drug-likeness (QED) is 0.389. The molecule has 6 rings (SSSR count). The van der Waals surface area contributed by atoms with Crippen molar-refractivity contribution >= 4 is 16.9 Å². The molecule has 1 aliphatic heterocycles. The van der Waals surface area contributed by atoms with Gasteiger partial charge < -0.3 is 9.47 Å². The lowest BCUT2D eigenvalue weighted by Gasteiger charge is -2.18. The van der Waals surface area contributed by atoms with Crippen molar-refractivity contribution in [2.75, 3.05) is 13.1 Å². The van der Waals surface area contributed by atoms with Gasteiger partial charge in [0.25, 0.3) is 0 Å². The Balaban J connectivity index is 1.32.